The Bertz CT molecular complexity index is 489. The molecule has 110 valence electrons. The number of aromatic carboxylic acids is 1. The molecule has 20 heavy (non-hydrogen) atoms. The zero-order valence-corrected chi connectivity index (χ0v) is 13.2. The number of halogens is 1. The summed E-state index contributed by atoms with van der Waals surface area (Å²) < 4.78 is 0.715. The van der Waals surface area contributed by atoms with E-state index in [1.54, 1.807) is 18.2 Å². The molecule has 5 nitrogen and oxygen atoms in total. The van der Waals surface area contributed by atoms with Crippen LogP contribution in [-0.4, -0.2) is 30.1 Å². The molecule has 0 spiro atoms. The van der Waals surface area contributed by atoms with Crippen LogP contribution in [0, 0.1) is 5.92 Å². The molecule has 0 atom stereocenters. The van der Waals surface area contributed by atoms with E-state index in [9.17, 15) is 9.59 Å². The van der Waals surface area contributed by atoms with Crippen molar-refractivity contribution in [1.82, 2.24) is 10.6 Å². The van der Waals surface area contributed by atoms with Crippen molar-refractivity contribution in [2.24, 2.45) is 5.92 Å². The molecule has 1 rings (SSSR count). The smallest absolute Gasteiger partial charge is 0.335 e. The van der Waals surface area contributed by atoms with Gasteiger partial charge in [-0.2, -0.15) is 0 Å². The van der Waals surface area contributed by atoms with Gasteiger partial charge in [0.05, 0.1) is 12.1 Å². The zero-order valence-electron chi connectivity index (χ0n) is 11.6. The van der Waals surface area contributed by atoms with E-state index in [0.29, 0.717) is 23.5 Å². The van der Waals surface area contributed by atoms with Crippen LogP contribution in [0.25, 0.3) is 0 Å². The monoisotopic (exact) mass is 342 g/mol. The molecular formula is C14H19BrN2O3. The first-order chi connectivity index (χ1) is 9.40. The predicted molar refractivity (Wildman–Crippen MR) is 80.7 cm³/mol. The van der Waals surface area contributed by atoms with Crippen LogP contribution in [0.2, 0.25) is 0 Å². The number of carbonyl (C=O) groups excluding carboxylic acids is 1. The third-order valence-corrected chi connectivity index (χ3v) is 3.35. The maximum atomic E-state index is 11.5. The van der Waals surface area contributed by atoms with Gasteiger partial charge >= 0.3 is 5.97 Å². The Balaban J connectivity index is 2.42. The van der Waals surface area contributed by atoms with Crippen LogP contribution in [0.3, 0.4) is 0 Å². The maximum Gasteiger partial charge on any atom is 0.335 e. The van der Waals surface area contributed by atoms with Gasteiger partial charge in [-0.1, -0.05) is 35.8 Å². The van der Waals surface area contributed by atoms with Crippen LogP contribution in [0.5, 0.6) is 0 Å². The van der Waals surface area contributed by atoms with Crippen LogP contribution >= 0.6 is 15.9 Å². The van der Waals surface area contributed by atoms with Crippen molar-refractivity contribution in [1.29, 1.82) is 0 Å². The highest BCUT2D eigenvalue weighted by Gasteiger charge is 2.07. The lowest BCUT2D eigenvalue weighted by Gasteiger charge is -2.09. The predicted octanol–water partition coefficient (Wildman–Crippen LogP) is 2.01. The summed E-state index contributed by atoms with van der Waals surface area (Å²) in [6.07, 6.45) is 0. The number of hydrogen-bond donors (Lipinski definition) is 3. The Morgan fingerprint density at radius 1 is 1.35 bits per heavy atom. The summed E-state index contributed by atoms with van der Waals surface area (Å²) in [4.78, 5) is 22.3. The first-order valence-corrected chi connectivity index (χ1v) is 7.18. The molecule has 0 aliphatic heterocycles. The van der Waals surface area contributed by atoms with Crippen molar-refractivity contribution in [3.8, 4) is 0 Å². The molecule has 0 aliphatic carbocycles. The zero-order chi connectivity index (χ0) is 15.1. The number of amides is 1. The van der Waals surface area contributed by atoms with E-state index in [1.807, 2.05) is 13.8 Å². The second-order valence-electron chi connectivity index (χ2n) is 4.91. The Morgan fingerprint density at radius 2 is 2.05 bits per heavy atom. The number of benzene rings is 1. The van der Waals surface area contributed by atoms with E-state index in [4.69, 9.17) is 5.11 Å². The van der Waals surface area contributed by atoms with Gasteiger partial charge in [-0.05, 0) is 23.6 Å². The molecule has 0 saturated heterocycles. The molecule has 3 N–H and O–H groups in total. The Labute approximate surface area is 126 Å². The Morgan fingerprint density at radius 3 is 2.60 bits per heavy atom. The summed E-state index contributed by atoms with van der Waals surface area (Å²) in [5.74, 6) is -0.577. The van der Waals surface area contributed by atoms with Gasteiger partial charge in [0.15, 0.2) is 0 Å². The fourth-order valence-corrected chi connectivity index (χ4v) is 2.03. The number of hydrogen-bond acceptors (Lipinski definition) is 3. The Kier molecular flexibility index (Phi) is 6.67. The molecule has 0 heterocycles. The van der Waals surface area contributed by atoms with Crippen LogP contribution in [0.4, 0.5) is 0 Å². The van der Waals surface area contributed by atoms with Crippen molar-refractivity contribution >= 4 is 27.8 Å². The van der Waals surface area contributed by atoms with Gasteiger partial charge in [-0.15, -0.1) is 0 Å². The molecule has 0 unspecified atom stereocenters. The van der Waals surface area contributed by atoms with Gasteiger partial charge in [0.25, 0.3) is 0 Å². The fourth-order valence-electron chi connectivity index (χ4n) is 1.51. The molecule has 1 aromatic carbocycles. The van der Waals surface area contributed by atoms with E-state index < -0.39 is 5.97 Å². The minimum absolute atomic E-state index is 0.0445. The molecule has 0 aromatic heterocycles. The average Bonchev–Trinajstić information content (AvgIpc) is 2.38. The van der Waals surface area contributed by atoms with Crippen molar-refractivity contribution in [2.45, 2.75) is 20.4 Å². The van der Waals surface area contributed by atoms with Crippen LogP contribution in [0.1, 0.15) is 29.8 Å². The largest absolute Gasteiger partial charge is 0.478 e. The summed E-state index contributed by atoms with van der Waals surface area (Å²) in [6.45, 7) is 5.47. The third kappa shape index (κ3) is 5.71. The van der Waals surface area contributed by atoms with Crippen molar-refractivity contribution in [3.05, 3.63) is 33.8 Å². The number of nitrogens with one attached hydrogen (secondary N) is 2. The first kappa shape index (κ1) is 16.7. The number of carboxylic acid groups (broad SMARTS) is 1. The highest BCUT2D eigenvalue weighted by molar-refractivity contribution is 9.10. The van der Waals surface area contributed by atoms with Crippen molar-refractivity contribution in [2.75, 3.05) is 13.1 Å². The van der Waals surface area contributed by atoms with E-state index in [2.05, 4.69) is 26.6 Å². The van der Waals surface area contributed by atoms with Gasteiger partial charge in [0.2, 0.25) is 5.91 Å². The van der Waals surface area contributed by atoms with Crippen molar-refractivity contribution < 1.29 is 14.7 Å². The molecule has 1 aromatic rings. The summed E-state index contributed by atoms with van der Waals surface area (Å²) in [5.41, 5.74) is 1.14. The molecule has 0 radical (unpaired) electrons. The van der Waals surface area contributed by atoms with Gasteiger partial charge in [0.1, 0.15) is 0 Å². The summed E-state index contributed by atoms with van der Waals surface area (Å²) >= 11 is 3.33. The summed E-state index contributed by atoms with van der Waals surface area (Å²) in [7, 11) is 0. The van der Waals surface area contributed by atoms with Crippen LogP contribution in [0.15, 0.2) is 22.7 Å². The molecule has 0 saturated carbocycles. The lowest BCUT2D eigenvalue weighted by Crippen LogP contribution is -2.35. The standard InChI is InChI=1S/C14H19BrN2O3/c1-9(2)6-17-13(18)8-16-7-11-4-3-10(14(19)20)5-12(11)15/h3-5,9,16H,6-8H2,1-2H3,(H,17,18)(H,19,20). The third-order valence-electron chi connectivity index (χ3n) is 2.61. The molecular weight excluding hydrogens is 324 g/mol. The lowest BCUT2D eigenvalue weighted by atomic mass is 10.1. The first-order valence-electron chi connectivity index (χ1n) is 6.39. The maximum absolute atomic E-state index is 11.5. The number of carbonyl (C=O) groups is 2. The quantitative estimate of drug-likeness (QED) is 0.708. The summed E-state index contributed by atoms with van der Waals surface area (Å²) in [6, 6.07) is 4.83. The fraction of sp³-hybridized carbons (Fsp3) is 0.429. The van der Waals surface area contributed by atoms with E-state index in [1.165, 1.54) is 0 Å². The van der Waals surface area contributed by atoms with Gasteiger partial charge in [0, 0.05) is 17.6 Å². The van der Waals surface area contributed by atoms with Crippen molar-refractivity contribution in [3.63, 3.8) is 0 Å². The lowest BCUT2D eigenvalue weighted by molar-refractivity contribution is -0.120. The number of rotatable bonds is 7. The van der Waals surface area contributed by atoms with Crippen LogP contribution in [-0.2, 0) is 11.3 Å². The second kappa shape index (κ2) is 8.01. The van der Waals surface area contributed by atoms with E-state index >= 15 is 0 Å². The minimum Gasteiger partial charge on any atom is -0.478 e. The Hall–Kier alpha value is -1.40. The summed E-state index contributed by atoms with van der Waals surface area (Å²) in [5, 5.41) is 14.7. The average molecular weight is 343 g/mol. The molecule has 0 fully saturated rings. The normalized spacial score (nSPS) is 10.6. The molecule has 1 amide bonds. The second-order valence-corrected chi connectivity index (χ2v) is 5.77. The van der Waals surface area contributed by atoms with E-state index in [0.717, 1.165) is 5.56 Å². The van der Waals surface area contributed by atoms with Gasteiger partial charge in [-0.3, -0.25) is 4.79 Å². The van der Waals surface area contributed by atoms with Gasteiger partial charge in [-0.25, -0.2) is 4.79 Å². The van der Waals surface area contributed by atoms with Crippen LogP contribution < -0.4 is 10.6 Å². The molecule has 0 bridgehead atoms. The highest BCUT2D eigenvalue weighted by Crippen LogP contribution is 2.18. The SMILES string of the molecule is CC(C)CNC(=O)CNCc1ccc(C(=O)O)cc1Br. The number of carboxylic acids is 1. The topological polar surface area (TPSA) is 78.4 Å². The minimum atomic E-state index is -0.960. The van der Waals surface area contributed by atoms with Gasteiger partial charge < -0.3 is 15.7 Å². The molecule has 6 heteroatoms. The van der Waals surface area contributed by atoms with E-state index in [-0.39, 0.29) is 18.0 Å². The highest BCUT2D eigenvalue weighted by atomic mass is 79.9. The molecule has 0 aliphatic rings.